The third-order valence-corrected chi connectivity index (χ3v) is 11.2. The summed E-state index contributed by atoms with van der Waals surface area (Å²) in [4.78, 5) is 0. The van der Waals surface area contributed by atoms with Crippen LogP contribution in [0.15, 0.2) is 97.1 Å². The second-order valence-corrected chi connectivity index (χ2v) is 13.3. The highest BCUT2D eigenvalue weighted by atomic mass is 16.3. The van der Waals surface area contributed by atoms with E-state index in [1.54, 1.807) is 48.5 Å². The molecule has 0 spiro atoms. The predicted octanol–water partition coefficient (Wildman–Crippen LogP) is 8.41. The van der Waals surface area contributed by atoms with Gasteiger partial charge in [0.05, 0.1) is 0 Å². The Hall–Kier alpha value is -3.92. The van der Waals surface area contributed by atoms with E-state index in [9.17, 15) is 20.4 Å². The van der Waals surface area contributed by atoms with Gasteiger partial charge in [0.2, 0.25) is 0 Å². The van der Waals surface area contributed by atoms with E-state index in [-0.39, 0.29) is 10.8 Å². The Bertz CT molecular complexity index is 1310. The minimum absolute atomic E-state index is 0.0598. The monoisotopic (exact) mass is 560 g/mol. The minimum atomic E-state index is 0.0598. The van der Waals surface area contributed by atoms with E-state index in [1.807, 2.05) is 0 Å². The number of aromatic hydroxyl groups is 4. The summed E-state index contributed by atoms with van der Waals surface area (Å²) in [6.45, 7) is 0. The quantitative estimate of drug-likeness (QED) is 0.202. The molecule has 0 radical (unpaired) electrons. The van der Waals surface area contributed by atoms with Crippen molar-refractivity contribution >= 4 is 0 Å². The van der Waals surface area contributed by atoms with Crippen molar-refractivity contribution in [1.29, 1.82) is 0 Å². The molecule has 4 N–H and O–H groups in total. The van der Waals surface area contributed by atoms with Gasteiger partial charge in [-0.25, -0.2) is 0 Å². The second-order valence-electron chi connectivity index (χ2n) is 13.3. The van der Waals surface area contributed by atoms with Crippen molar-refractivity contribution in [1.82, 2.24) is 0 Å². The Balaban J connectivity index is 0.000000137. The standard InChI is InChI=1S/2C19H20O2/c2*20-17-7-3-14(4-8-17)19(12-13-1-2-16(19)11-13)15-5-9-18(21)10-6-15/h2*3-10,13,16,20-21H,1-2,11-12H2. The van der Waals surface area contributed by atoms with Crippen LogP contribution in [-0.4, -0.2) is 20.4 Å². The molecule has 0 aliphatic heterocycles. The van der Waals surface area contributed by atoms with Crippen molar-refractivity contribution in [3.05, 3.63) is 119 Å². The zero-order chi connectivity index (χ0) is 28.9. The van der Waals surface area contributed by atoms with Gasteiger partial charge in [0.25, 0.3) is 0 Å². The summed E-state index contributed by atoms with van der Waals surface area (Å²) in [5, 5.41) is 38.4. The van der Waals surface area contributed by atoms with E-state index >= 15 is 0 Å². The smallest absolute Gasteiger partial charge is 0.115 e. The Morgan fingerprint density at radius 1 is 0.381 bits per heavy atom. The topological polar surface area (TPSA) is 80.9 Å². The first-order valence-electron chi connectivity index (χ1n) is 15.5. The molecule has 216 valence electrons. The first kappa shape index (κ1) is 26.9. The van der Waals surface area contributed by atoms with Gasteiger partial charge < -0.3 is 20.4 Å². The van der Waals surface area contributed by atoms with Crippen LogP contribution < -0.4 is 0 Å². The third kappa shape index (κ3) is 4.43. The van der Waals surface area contributed by atoms with Gasteiger partial charge in [-0.2, -0.15) is 0 Å². The van der Waals surface area contributed by atoms with E-state index in [1.165, 1.54) is 73.6 Å². The van der Waals surface area contributed by atoms with Crippen molar-refractivity contribution in [3.63, 3.8) is 0 Å². The molecule has 4 aromatic carbocycles. The number of phenols is 4. The Morgan fingerprint density at radius 2 is 0.643 bits per heavy atom. The van der Waals surface area contributed by atoms with Crippen molar-refractivity contribution in [2.24, 2.45) is 23.7 Å². The number of hydrogen-bond acceptors (Lipinski definition) is 4. The lowest BCUT2D eigenvalue weighted by Crippen LogP contribution is -2.33. The third-order valence-electron chi connectivity index (χ3n) is 11.2. The maximum absolute atomic E-state index is 9.59. The number of phenolic OH excluding ortho intramolecular Hbond substituents is 4. The average Bonchev–Trinajstić information content (AvgIpc) is 3.81. The summed E-state index contributed by atoms with van der Waals surface area (Å²) in [6.07, 6.45) is 10.3. The van der Waals surface area contributed by atoms with E-state index < -0.39 is 0 Å². The zero-order valence-electron chi connectivity index (χ0n) is 24.0. The molecule has 42 heavy (non-hydrogen) atoms. The average molecular weight is 561 g/mol. The lowest BCUT2D eigenvalue weighted by atomic mass is 9.64. The summed E-state index contributed by atoms with van der Waals surface area (Å²) in [5.74, 6) is 4.28. The summed E-state index contributed by atoms with van der Waals surface area (Å²) in [7, 11) is 0. The lowest BCUT2D eigenvalue weighted by Gasteiger charge is -2.39. The Morgan fingerprint density at radius 3 is 0.833 bits per heavy atom. The molecule has 4 aromatic rings. The van der Waals surface area contributed by atoms with Crippen molar-refractivity contribution < 1.29 is 20.4 Å². The molecular weight excluding hydrogens is 520 g/mol. The van der Waals surface area contributed by atoms with Crippen molar-refractivity contribution in [2.45, 2.75) is 62.2 Å². The molecule has 0 heterocycles. The maximum atomic E-state index is 9.59. The van der Waals surface area contributed by atoms with E-state index in [2.05, 4.69) is 48.5 Å². The fraction of sp³-hybridized carbons (Fsp3) is 0.368. The summed E-state index contributed by atoms with van der Waals surface area (Å²) < 4.78 is 0. The molecule has 0 aromatic heterocycles. The van der Waals surface area contributed by atoms with E-state index in [0.29, 0.717) is 34.8 Å². The molecule has 0 amide bonds. The van der Waals surface area contributed by atoms with E-state index in [4.69, 9.17) is 0 Å². The molecule has 8 rings (SSSR count). The van der Waals surface area contributed by atoms with Crippen LogP contribution in [0.4, 0.5) is 0 Å². The van der Waals surface area contributed by atoms with Gasteiger partial charge in [-0.15, -0.1) is 0 Å². The molecular formula is C38H40O4. The molecule has 4 saturated carbocycles. The molecule has 4 atom stereocenters. The van der Waals surface area contributed by atoms with Crippen LogP contribution in [-0.2, 0) is 10.8 Å². The number of benzene rings is 4. The second kappa shape index (κ2) is 10.4. The fourth-order valence-electron chi connectivity index (χ4n) is 9.44. The van der Waals surface area contributed by atoms with Gasteiger partial charge in [0.1, 0.15) is 23.0 Å². The summed E-state index contributed by atoms with van der Waals surface area (Å²) in [6, 6.07) is 30.9. The highest BCUT2D eigenvalue weighted by Crippen LogP contribution is 2.61. The molecule has 4 nitrogen and oxygen atoms in total. The molecule has 4 aliphatic carbocycles. The summed E-state index contributed by atoms with van der Waals surface area (Å²) >= 11 is 0. The fourth-order valence-corrected chi connectivity index (χ4v) is 9.44. The van der Waals surface area contributed by atoms with Crippen molar-refractivity contribution in [2.75, 3.05) is 0 Å². The predicted molar refractivity (Wildman–Crippen MR) is 165 cm³/mol. The van der Waals surface area contributed by atoms with Crippen LogP contribution in [0.3, 0.4) is 0 Å². The van der Waals surface area contributed by atoms with Gasteiger partial charge in [-0.3, -0.25) is 0 Å². The lowest BCUT2D eigenvalue weighted by molar-refractivity contribution is 0.319. The Kier molecular flexibility index (Phi) is 6.68. The number of hydrogen-bond donors (Lipinski definition) is 4. The summed E-state index contributed by atoms with van der Waals surface area (Å²) in [5.41, 5.74) is 5.34. The molecule has 4 aliphatic rings. The number of rotatable bonds is 4. The van der Waals surface area contributed by atoms with Gasteiger partial charge in [0, 0.05) is 10.8 Å². The molecule has 0 saturated heterocycles. The number of fused-ring (bicyclic) bond motifs is 4. The highest BCUT2D eigenvalue weighted by Gasteiger charge is 2.53. The first-order chi connectivity index (χ1) is 20.4. The first-order valence-corrected chi connectivity index (χ1v) is 15.5. The molecule has 4 bridgehead atoms. The van der Waals surface area contributed by atoms with Crippen LogP contribution >= 0.6 is 0 Å². The van der Waals surface area contributed by atoms with Gasteiger partial charge >= 0.3 is 0 Å². The minimum Gasteiger partial charge on any atom is -0.508 e. The molecule has 4 heteroatoms. The van der Waals surface area contributed by atoms with Gasteiger partial charge in [-0.1, -0.05) is 61.4 Å². The zero-order valence-corrected chi connectivity index (χ0v) is 24.0. The molecule has 4 fully saturated rings. The SMILES string of the molecule is Oc1ccc(C2(c3ccc(O)cc3)CC3CCC2C3)cc1.Oc1ccc(C2(c3ccc(O)cc3)CC3CCC2C3)cc1. The van der Waals surface area contributed by atoms with E-state index in [0.717, 1.165) is 11.8 Å². The molecule has 4 unspecified atom stereocenters. The van der Waals surface area contributed by atoms with Crippen LogP contribution in [0.2, 0.25) is 0 Å². The maximum Gasteiger partial charge on any atom is 0.115 e. The van der Waals surface area contributed by atoms with Crippen molar-refractivity contribution in [3.8, 4) is 23.0 Å². The van der Waals surface area contributed by atoms with Crippen LogP contribution in [0.25, 0.3) is 0 Å². The highest BCUT2D eigenvalue weighted by molar-refractivity contribution is 5.47. The van der Waals surface area contributed by atoms with Gasteiger partial charge in [0.15, 0.2) is 0 Å². The Labute approximate surface area is 248 Å². The van der Waals surface area contributed by atoms with Crippen LogP contribution in [0.1, 0.15) is 73.6 Å². The largest absolute Gasteiger partial charge is 0.508 e. The van der Waals surface area contributed by atoms with Crippen LogP contribution in [0, 0.1) is 23.7 Å². The van der Waals surface area contributed by atoms with Gasteiger partial charge in [-0.05, 0) is 133 Å². The van der Waals surface area contributed by atoms with Crippen LogP contribution in [0.5, 0.6) is 23.0 Å². The normalized spacial score (nSPS) is 26.1.